The topological polar surface area (TPSA) is 38.9 Å². The Labute approximate surface area is 130 Å². The van der Waals surface area contributed by atoms with Crippen LogP contribution in [0.2, 0.25) is 0 Å². The first-order valence-electron chi connectivity index (χ1n) is 6.67. The standard InChI is InChI=1S/C14H17BrN2S2/c15-10-7-12(18-8-10)11-9-19-13(17-11)14(16)5-3-1-2-4-6-14/h7-9H,1-6,16H2. The average molecular weight is 357 g/mol. The molecule has 2 aromatic heterocycles. The number of rotatable bonds is 2. The molecule has 0 spiro atoms. The molecule has 102 valence electrons. The van der Waals surface area contributed by atoms with Crippen molar-refractivity contribution in [1.82, 2.24) is 4.98 Å². The quantitative estimate of drug-likeness (QED) is 0.756. The maximum absolute atomic E-state index is 6.62. The lowest BCUT2D eigenvalue weighted by Crippen LogP contribution is -2.35. The van der Waals surface area contributed by atoms with Crippen LogP contribution in [0.25, 0.3) is 10.6 Å². The number of halogens is 1. The van der Waals surface area contributed by atoms with Crippen molar-refractivity contribution in [2.45, 2.75) is 44.1 Å². The second-order valence-electron chi connectivity index (χ2n) is 5.24. The molecule has 2 aromatic rings. The zero-order chi connectivity index (χ0) is 13.3. The van der Waals surface area contributed by atoms with Gasteiger partial charge in [-0.05, 0) is 34.8 Å². The molecule has 0 atom stereocenters. The van der Waals surface area contributed by atoms with Gasteiger partial charge in [-0.15, -0.1) is 22.7 Å². The van der Waals surface area contributed by atoms with Crippen LogP contribution in [0.3, 0.4) is 0 Å². The van der Waals surface area contributed by atoms with E-state index in [2.05, 4.69) is 32.8 Å². The van der Waals surface area contributed by atoms with Crippen molar-refractivity contribution in [2.24, 2.45) is 5.73 Å². The number of hydrogen-bond donors (Lipinski definition) is 1. The van der Waals surface area contributed by atoms with E-state index >= 15 is 0 Å². The van der Waals surface area contributed by atoms with Gasteiger partial charge in [0.2, 0.25) is 0 Å². The van der Waals surface area contributed by atoms with Crippen LogP contribution < -0.4 is 5.73 Å². The minimum absolute atomic E-state index is 0.187. The van der Waals surface area contributed by atoms with Gasteiger partial charge >= 0.3 is 0 Å². The number of hydrogen-bond acceptors (Lipinski definition) is 4. The van der Waals surface area contributed by atoms with Crippen molar-refractivity contribution in [1.29, 1.82) is 0 Å². The highest BCUT2D eigenvalue weighted by atomic mass is 79.9. The maximum Gasteiger partial charge on any atom is 0.113 e. The first-order valence-corrected chi connectivity index (χ1v) is 9.22. The molecule has 19 heavy (non-hydrogen) atoms. The molecule has 0 saturated heterocycles. The van der Waals surface area contributed by atoms with Gasteiger partial charge < -0.3 is 5.73 Å². The van der Waals surface area contributed by atoms with E-state index in [4.69, 9.17) is 10.7 Å². The monoisotopic (exact) mass is 356 g/mol. The Kier molecular flexibility index (Phi) is 4.08. The van der Waals surface area contributed by atoms with Crippen molar-refractivity contribution in [3.63, 3.8) is 0 Å². The second-order valence-corrected chi connectivity index (χ2v) is 7.92. The molecular weight excluding hydrogens is 340 g/mol. The molecule has 1 saturated carbocycles. The molecular formula is C14H17BrN2S2. The maximum atomic E-state index is 6.62. The van der Waals surface area contributed by atoms with Crippen LogP contribution in [0.4, 0.5) is 0 Å². The van der Waals surface area contributed by atoms with Crippen LogP contribution >= 0.6 is 38.6 Å². The number of nitrogens with zero attached hydrogens (tertiary/aromatic N) is 1. The molecule has 1 aliphatic rings. The van der Waals surface area contributed by atoms with Gasteiger partial charge in [0, 0.05) is 15.2 Å². The smallest absolute Gasteiger partial charge is 0.113 e. The molecule has 0 bridgehead atoms. The van der Waals surface area contributed by atoms with Crippen molar-refractivity contribution >= 4 is 38.6 Å². The molecule has 0 aromatic carbocycles. The number of thiazole rings is 1. The van der Waals surface area contributed by atoms with Crippen molar-refractivity contribution in [2.75, 3.05) is 0 Å². The summed E-state index contributed by atoms with van der Waals surface area (Å²) in [6.45, 7) is 0. The third-order valence-corrected chi connectivity index (χ3v) is 6.52. The van der Waals surface area contributed by atoms with Crippen LogP contribution in [-0.2, 0) is 5.54 Å². The van der Waals surface area contributed by atoms with Crippen molar-refractivity contribution < 1.29 is 0 Å². The van der Waals surface area contributed by atoms with Gasteiger partial charge in [-0.25, -0.2) is 4.98 Å². The summed E-state index contributed by atoms with van der Waals surface area (Å²) in [6, 6.07) is 2.12. The molecule has 2 N–H and O–H groups in total. The molecule has 1 fully saturated rings. The third-order valence-electron chi connectivity index (χ3n) is 3.75. The number of nitrogens with two attached hydrogens (primary N) is 1. The summed E-state index contributed by atoms with van der Waals surface area (Å²) < 4.78 is 1.12. The van der Waals surface area contributed by atoms with E-state index in [1.54, 1.807) is 22.7 Å². The van der Waals surface area contributed by atoms with Gasteiger partial charge in [0.15, 0.2) is 0 Å². The van der Waals surface area contributed by atoms with E-state index in [9.17, 15) is 0 Å². The summed E-state index contributed by atoms with van der Waals surface area (Å²) >= 11 is 6.94. The van der Waals surface area contributed by atoms with Gasteiger partial charge in [-0.1, -0.05) is 25.7 Å². The fourth-order valence-electron chi connectivity index (χ4n) is 2.64. The highest BCUT2D eigenvalue weighted by molar-refractivity contribution is 9.10. The largest absolute Gasteiger partial charge is 0.319 e. The van der Waals surface area contributed by atoms with Gasteiger partial charge in [0.25, 0.3) is 0 Å². The van der Waals surface area contributed by atoms with Crippen LogP contribution in [0.5, 0.6) is 0 Å². The van der Waals surface area contributed by atoms with E-state index in [1.807, 2.05) is 0 Å². The van der Waals surface area contributed by atoms with E-state index in [1.165, 1.54) is 30.6 Å². The molecule has 0 amide bonds. The van der Waals surface area contributed by atoms with Crippen molar-refractivity contribution in [3.05, 3.63) is 26.3 Å². The first-order chi connectivity index (χ1) is 9.17. The van der Waals surface area contributed by atoms with E-state index in [-0.39, 0.29) is 5.54 Å². The van der Waals surface area contributed by atoms with E-state index < -0.39 is 0 Å². The van der Waals surface area contributed by atoms with E-state index in [0.29, 0.717) is 0 Å². The molecule has 0 radical (unpaired) electrons. The Bertz CT molecular complexity index is 553. The van der Waals surface area contributed by atoms with Crippen molar-refractivity contribution in [3.8, 4) is 10.6 Å². The van der Waals surface area contributed by atoms with Crippen LogP contribution in [0.15, 0.2) is 21.3 Å². The Hall–Kier alpha value is -0.230. The summed E-state index contributed by atoms with van der Waals surface area (Å²) in [5, 5.41) is 5.36. The first kappa shape index (κ1) is 13.7. The molecule has 3 rings (SSSR count). The minimum Gasteiger partial charge on any atom is -0.319 e. The summed E-state index contributed by atoms with van der Waals surface area (Å²) in [4.78, 5) is 6.03. The Morgan fingerprint density at radius 1 is 1.11 bits per heavy atom. The molecule has 2 nitrogen and oxygen atoms in total. The normalized spacial score (nSPS) is 19.3. The lowest BCUT2D eigenvalue weighted by molar-refractivity contribution is 0.384. The average Bonchev–Trinajstić information content (AvgIpc) is 2.97. The highest BCUT2D eigenvalue weighted by Gasteiger charge is 2.31. The second kappa shape index (κ2) is 5.64. The van der Waals surface area contributed by atoms with Gasteiger partial charge in [-0.2, -0.15) is 0 Å². The zero-order valence-corrected chi connectivity index (χ0v) is 13.9. The Morgan fingerprint density at radius 2 is 1.84 bits per heavy atom. The zero-order valence-electron chi connectivity index (χ0n) is 10.7. The van der Waals surface area contributed by atoms with Gasteiger partial charge in [0.05, 0.1) is 16.1 Å². The summed E-state index contributed by atoms with van der Waals surface area (Å²) in [5.74, 6) is 0. The SMILES string of the molecule is NC1(c2nc(-c3cc(Br)cs3)cs2)CCCCCC1. The van der Waals surface area contributed by atoms with E-state index in [0.717, 1.165) is 28.0 Å². The molecule has 0 aliphatic heterocycles. The van der Waals surface area contributed by atoms with Gasteiger partial charge in [-0.3, -0.25) is 0 Å². The van der Waals surface area contributed by atoms with Crippen LogP contribution in [0.1, 0.15) is 43.5 Å². The van der Waals surface area contributed by atoms with Gasteiger partial charge in [0.1, 0.15) is 5.01 Å². The third kappa shape index (κ3) is 2.94. The summed E-state index contributed by atoms with van der Waals surface area (Å²) in [7, 11) is 0. The fraction of sp³-hybridized carbons (Fsp3) is 0.500. The Balaban J connectivity index is 1.87. The summed E-state index contributed by atoms with van der Waals surface area (Å²) in [5.41, 5.74) is 7.51. The molecule has 2 heterocycles. The molecule has 0 unspecified atom stereocenters. The lowest BCUT2D eigenvalue weighted by atomic mass is 9.92. The molecule has 5 heteroatoms. The predicted octanol–water partition coefficient (Wildman–Crippen LogP) is 5.14. The summed E-state index contributed by atoms with van der Waals surface area (Å²) in [6.07, 6.45) is 7.25. The highest BCUT2D eigenvalue weighted by Crippen LogP contribution is 2.38. The Morgan fingerprint density at radius 3 is 2.47 bits per heavy atom. The molecule has 1 aliphatic carbocycles. The van der Waals surface area contributed by atoms with Crippen LogP contribution in [0, 0.1) is 0 Å². The lowest BCUT2D eigenvalue weighted by Gasteiger charge is -2.25. The predicted molar refractivity (Wildman–Crippen MR) is 86.7 cm³/mol. The number of thiophene rings is 1. The minimum atomic E-state index is -0.187. The fourth-order valence-corrected chi connectivity index (χ4v) is 5.09. The van der Waals surface area contributed by atoms with Crippen LogP contribution in [-0.4, -0.2) is 4.98 Å². The number of aromatic nitrogens is 1.